The number of nitrogens with zero attached hydrogens (tertiary/aromatic N) is 4. The fourth-order valence-corrected chi connectivity index (χ4v) is 3.16. The van der Waals surface area contributed by atoms with Crippen LogP contribution in [0, 0.1) is 15.9 Å². The molecule has 1 fully saturated rings. The average Bonchev–Trinajstić information content (AvgIpc) is 3.45. The quantitative estimate of drug-likeness (QED) is 0.366. The molecule has 0 amide bonds. The van der Waals surface area contributed by atoms with Crippen molar-refractivity contribution in [3.63, 3.8) is 0 Å². The molecule has 0 saturated heterocycles. The number of hydrogen-bond acceptors (Lipinski definition) is 6. The summed E-state index contributed by atoms with van der Waals surface area (Å²) < 4.78 is 19.6. The van der Waals surface area contributed by atoms with Crippen LogP contribution in [-0.4, -0.2) is 31.2 Å². The van der Waals surface area contributed by atoms with E-state index in [1.165, 1.54) is 18.2 Å². The molecule has 0 bridgehead atoms. The van der Waals surface area contributed by atoms with Gasteiger partial charge in [0.15, 0.2) is 5.11 Å². The van der Waals surface area contributed by atoms with Crippen LogP contribution < -0.4 is 5.32 Å². The lowest BCUT2D eigenvalue weighted by Gasteiger charge is -2.24. The predicted octanol–water partition coefficient (Wildman–Crippen LogP) is 4.15. The number of non-ortho nitro benzene ring substituents is 1. The number of anilines is 1. The first-order valence-corrected chi connectivity index (χ1v) is 9.31. The Hall–Kier alpha value is -3.40. The van der Waals surface area contributed by atoms with Gasteiger partial charge in [-0.3, -0.25) is 10.1 Å². The van der Waals surface area contributed by atoms with E-state index >= 15 is 0 Å². The third-order valence-corrected chi connectivity index (χ3v) is 4.78. The van der Waals surface area contributed by atoms with Gasteiger partial charge < -0.3 is 14.6 Å². The number of nitro benzene ring substituents is 1. The Labute approximate surface area is 170 Å². The summed E-state index contributed by atoms with van der Waals surface area (Å²) in [4.78, 5) is 12.3. The molecule has 0 spiro atoms. The summed E-state index contributed by atoms with van der Waals surface area (Å²) >= 11 is 5.46. The van der Waals surface area contributed by atoms with Gasteiger partial charge >= 0.3 is 0 Å². The molecule has 0 aliphatic heterocycles. The maximum atomic E-state index is 13.9. The molecule has 8 nitrogen and oxygen atoms in total. The minimum absolute atomic E-state index is 0.0582. The van der Waals surface area contributed by atoms with E-state index in [-0.39, 0.29) is 24.2 Å². The van der Waals surface area contributed by atoms with Crippen molar-refractivity contribution in [3.8, 4) is 11.5 Å². The minimum Gasteiger partial charge on any atom is -0.419 e. The Morgan fingerprint density at radius 1 is 1.28 bits per heavy atom. The Morgan fingerprint density at radius 3 is 2.79 bits per heavy atom. The van der Waals surface area contributed by atoms with E-state index in [1.807, 2.05) is 4.90 Å². The van der Waals surface area contributed by atoms with Gasteiger partial charge in [0, 0.05) is 23.7 Å². The SMILES string of the molecule is O=[N+]([O-])c1cccc(-c2nnc(CN(C(=S)Nc3ccccc3F)C3CC3)o2)c1. The highest BCUT2D eigenvalue weighted by atomic mass is 32.1. The summed E-state index contributed by atoms with van der Waals surface area (Å²) in [5, 5.41) is 22.3. The molecule has 1 saturated carbocycles. The number of benzene rings is 2. The van der Waals surface area contributed by atoms with Gasteiger partial charge in [0.2, 0.25) is 11.8 Å². The van der Waals surface area contributed by atoms with Gasteiger partial charge in [-0.15, -0.1) is 10.2 Å². The molecule has 148 valence electrons. The molecular weight excluding hydrogens is 397 g/mol. The lowest BCUT2D eigenvalue weighted by Crippen LogP contribution is -2.36. The van der Waals surface area contributed by atoms with Crippen molar-refractivity contribution in [2.24, 2.45) is 0 Å². The molecule has 29 heavy (non-hydrogen) atoms. The average molecular weight is 413 g/mol. The third kappa shape index (κ3) is 4.37. The second-order valence-corrected chi connectivity index (χ2v) is 6.96. The first-order chi connectivity index (χ1) is 14.0. The lowest BCUT2D eigenvalue weighted by atomic mass is 10.2. The molecule has 0 unspecified atom stereocenters. The van der Waals surface area contributed by atoms with Crippen LogP contribution in [-0.2, 0) is 6.54 Å². The second kappa shape index (κ2) is 7.92. The van der Waals surface area contributed by atoms with Gasteiger partial charge in [-0.1, -0.05) is 18.2 Å². The number of nitro groups is 1. The smallest absolute Gasteiger partial charge is 0.270 e. The van der Waals surface area contributed by atoms with Crippen molar-refractivity contribution in [2.45, 2.75) is 25.4 Å². The number of aromatic nitrogens is 2. The zero-order chi connectivity index (χ0) is 20.4. The highest BCUT2D eigenvalue weighted by Gasteiger charge is 2.32. The van der Waals surface area contributed by atoms with Crippen LogP contribution in [0.2, 0.25) is 0 Å². The molecule has 2 aromatic carbocycles. The highest BCUT2D eigenvalue weighted by Crippen LogP contribution is 2.30. The van der Waals surface area contributed by atoms with Crippen LogP contribution in [0.4, 0.5) is 15.8 Å². The molecule has 4 rings (SSSR count). The Balaban J connectivity index is 1.50. The third-order valence-electron chi connectivity index (χ3n) is 4.44. The van der Waals surface area contributed by atoms with E-state index in [2.05, 4.69) is 15.5 Å². The summed E-state index contributed by atoms with van der Waals surface area (Å²) in [6.45, 7) is 0.257. The van der Waals surface area contributed by atoms with Crippen molar-refractivity contribution < 1.29 is 13.7 Å². The van der Waals surface area contributed by atoms with Gasteiger partial charge in [0.1, 0.15) is 5.82 Å². The van der Waals surface area contributed by atoms with E-state index in [1.54, 1.807) is 30.3 Å². The number of halogens is 1. The monoisotopic (exact) mass is 413 g/mol. The maximum Gasteiger partial charge on any atom is 0.270 e. The summed E-state index contributed by atoms with van der Waals surface area (Å²) in [7, 11) is 0. The van der Waals surface area contributed by atoms with E-state index in [0.717, 1.165) is 12.8 Å². The number of rotatable bonds is 6. The molecule has 1 aliphatic carbocycles. The fraction of sp³-hybridized carbons (Fsp3) is 0.211. The van der Waals surface area contributed by atoms with Crippen LogP contribution in [0.25, 0.3) is 11.5 Å². The molecule has 1 N–H and O–H groups in total. The lowest BCUT2D eigenvalue weighted by molar-refractivity contribution is -0.384. The first-order valence-electron chi connectivity index (χ1n) is 8.90. The second-order valence-electron chi connectivity index (χ2n) is 6.58. The zero-order valence-electron chi connectivity index (χ0n) is 15.1. The number of thiocarbonyl (C=S) groups is 1. The molecule has 0 atom stereocenters. The van der Waals surface area contributed by atoms with Crippen LogP contribution in [0.5, 0.6) is 0 Å². The van der Waals surface area contributed by atoms with Gasteiger partial charge in [-0.2, -0.15) is 0 Å². The Kier molecular flexibility index (Phi) is 5.17. The number of nitrogens with one attached hydrogen (secondary N) is 1. The van der Waals surface area contributed by atoms with Crippen LogP contribution in [0.3, 0.4) is 0 Å². The summed E-state index contributed by atoms with van der Waals surface area (Å²) in [5.74, 6) is 0.111. The van der Waals surface area contributed by atoms with Crippen molar-refractivity contribution in [1.82, 2.24) is 15.1 Å². The van der Waals surface area contributed by atoms with Crippen molar-refractivity contribution in [2.75, 3.05) is 5.32 Å². The van der Waals surface area contributed by atoms with E-state index < -0.39 is 10.7 Å². The topological polar surface area (TPSA) is 97.3 Å². The summed E-state index contributed by atoms with van der Waals surface area (Å²) in [6.07, 6.45) is 1.93. The molecule has 1 heterocycles. The van der Waals surface area contributed by atoms with Crippen LogP contribution in [0.1, 0.15) is 18.7 Å². The van der Waals surface area contributed by atoms with Gasteiger partial charge in [0.05, 0.1) is 17.2 Å². The summed E-state index contributed by atoms with van der Waals surface area (Å²) in [5.41, 5.74) is 0.700. The van der Waals surface area contributed by atoms with Gasteiger partial charge in [-0.25, -0.2) is 4.39 Å². The van der Waals surface area contributed by atoms with Gasteiger partial charge in [-0.05, 0) is 43.3 Å². The highest BCUT2D eigenvalue weighted by molar-refractivity contribution is 7.80. The van der Waals surface area contributed by atoms with Crippen molar-refractivity contribution in [1.29, 1.82) is 0 Å². The molecule has 10 heteroatoms. The van der Waals surface area contributed by atoms with Gasteiger partial charge in [0.25, 0.3) is 5.69 Å². The van der Waals surface area contributed by atoms with Crippen LogP contribution >= 0.6 is 12.2 Å². The summed E-state index contributed by atoms with van der Waals surface area (Å²) in [6, 6.07) is 12.5. The van der Waals surface area contributed by atoms with E-state index in [4.69, 9.17) is 16.6 Å². The van der Waals surface area contributed by atoms with Crippen molar-refractivity contribution in [3.05, 3.63) is 70.4 Å². The molecule has 1 aliphatic rings. The largest absolute Gasteiger partial charge is 0.419 e. The van der Waals surface area contributed by atoms with Crippen LogP contribution in [0.15, 0.2) is 52.9 Å². The Bertz CT molecular complexity index is 1070. The fourth-order valence-electron chi connectivity index (χ4n) is 2.83. The first kappa shape index (κ1) is 18.9. The standard InChI is InChI=1S/C19H16FN5O3S/c20-15-6-1-2-7-16(15)21-19(29)24(13-8-9-13)11-17-22-23-18(28-17)12-4-3-5-14(10-12)25(26)27/h1-7,10,13H,8-9,11H2,(H,21,29). The molecule has 1 aromatic heterocycles. The normalized spacial score (nSPS) is 13.1. The predicted molar refractivity (Wildman–Crippen MR) is 108 cm³/mol. The molecule has 0 radical (unpaired) electrons. The van der Waals surface area contributed by atoms with E-state index in [9.17, 15) is 14.5 Å². The van der Waals surface area contributed by atoms with Crippen molar-refractivity contribution >= 4 is 28.7 Å². The van der Waals surface area contributed by atoms with E-state index in [0.29, 0.717) is 22.3 Å². The maximum absolute atomic E-state index is 13.9. The number of hydrogen-bond donors (Lipinski definition) is 1. The Morgan fingerprint density at radius 2 is 2.07 bits per heavy atom. The molecule has 3 aromatic rings. The molecular formula is C19H16FN5O3S. The zero-order valence-corrected chi connectivity index (χ0v) is 15.9. The minimum atomic E-state index is -0.484. The number of para-hydroxylation sites is 1.